The summed E-state index contributed by atoms with van der Waals surface area (Å²) >= 11 is 0. The number of hydrogen-bond acceptors (Lipinski definition) is 8. The normalized spacial score (nSPS) is 12.7. The lowest BCUT2D eigenvalue weighted by atomic mass is 10.0. The summed E-state index contributed by atoms with van der Waals surface area (Å²) in [6, 6.07) is 0. The third-order valence-electron chi connectivity index (χ3n) is 12.6. The minimum Gasteiger partial charge on any atom is -0.545 e. The smallest absolute Gasteiger partial charge is 0.306 e. The van der Waals surface area contributed by atoms with Crippen LogP contribution < -0.4 is 5.11 Å². The topological polar surface area (TPSA) is 111 Å². The van der Waals surface area contributed by atoms with Crippen LogP contribution in [0.5, 0.6) is 0 Å². The van der Waals surface area contributed by atoms with Gasteiger partial charge in [0.15, 0.2) is 12.4 Å². The summed E-state index contributed by atoms with van der Waals surface area (Å²) in [5, 5.41) is 11.7. The molecule has 0 saturated heterocycles. The summed E-state index contributed by atoms with van der Waals surface area (Å²) in [5.41, 5.74) is 0. The van der Waals surface area contributed by atoms with E-state index < -0.39 is 24.3 Å². The molecule has 0 N–H and O–H groups in total. The van der Waals surface area contributed by atoms with E-state index >= 15 is 0 Å². The van der Waals surface area contributed by atoms with Gasteiger partial charge in [-0.3, -0.25) is 9.59 Å². The van der Waals surface area contributed by atoms with Gasteiger partial charge in [-0.1, -0.05) is 251 Å². The van der Waals surface area contributed by atoms with Gasteiger partial charge in [-0.15, -0.1) is 0 Å². The van der Waals surface area contributed by atoms with Crippen LogP contribution in [0.1, 0.15) is 277 Å². The van der Waals surface area contributed by atoms with E-state index in [9.17, 15) is 19.5 Å². The van der Waals surface area contributed by atoms with Crippen molar-refractivity contribution in [3.63, 3.8) is 0 Å². The monoisotopic (exact) mass is 910 g/mol. The van der Waals surface area contributed by atoms with E-state index in [0.29, 0.717) is 17.4 Å². The molecule has 0 aliphatic carbocycles. The lowest BCUT2D eigenvalue weighted by Gasteiger charge is -2.26. The van der Waals surface area contributed by atoms with Crippen molar-refractivity contribution < 1.29 is 42.9 Å². The molecule has 2 unspecified atom stereocenters. The number of carboxylic acid groups (broad SMARTS) is 1. The van der Waals surface area contributed by atoms with Gasteiger partial charge in [0.05, 0.1) is 40.3 Å². The van der Waals surface area contributed by atoms with Gasteiger partial charge in [0.1, 0.15) is 13.2 Å². The number of carbonyl (C=O) groups excluding carboxylic acids is 3. The Bertz CT molecular complexity index is 1020. The molecule has 0 aliphatic rings. The third-order valence-corrected chi connectivity index (χ3v) is 12.6. The molecule has 9 nitrogen and oxygen atoms in total. The molecule has 0 aliphatic heterocycles. The summed E-state index contributed by atoms with van der Waals surface area (Å²) in [5.74, 6) is -2.25. The van der Waals surface area contributed by atoms with Gasteiger partial charge in [-0.25, -0.2) is 0 Å². The molecule has 0 aromatic heterocycles. The van der Waals surface area contributed by atoms with E-state index in [4.69, 9.17) is 18.9 Å². The van der Waals surface area contributed by atoms with Crippen molar-refractivity contribution in [3.05, 3.63) is 0 Å². The SMILES string of the molecule is CCCCCCCCCCCCCCCCCCCCCCCCCCC(=O)OC(COC(=O)CCCCCCCCCCCCCCCCC)COC(OCC[N+](C)(C)C)C(=O)[O-]. The lowest BCUT2D eigenvalue weighted by Crippen LogP contribution is -2.44. The predicted molar refractivity (Wildman–Crippen MR) is 265 cm³/mol. The maximum Gasteiger partial charge on any atom is 0.306 e. The summed E-state index contributed by atoms with van der Waals surface area (Å²) in [6.45, 7) is 4.81. The Morgan fingerprint density at radius 1 is 0.406 bits per heavy atom. The number of ether oxygens (including phenoxy) is 4. The van der Waals surface area contributed by atoms with Crippen LogP contribution in [0.25, 0.3) is 0 Å². The Morgan fingerprint density at radius 3 is 1.00 bits per heavy atom. The van der Waals surface area contributed by atoms with Crippen LogP contribution in [0.15, 0.2) is 0 Å². The molecule has 0 aromatic rings. The molecule has 0 fully saturated rings. The van der Waals surface area contributed by atoms with Crippen LogP contribution in [-0.2, 0) is 33.3 Å². The highest BCUT2D eigenvalue weighted by molar-refractivity contribution is 5.70. The van der Waals surface area contributed by atoms with Crippen molar-refractivity contribution in [3.8, 4) is 0 Å². The zero-order valence-corrected chi connectivity index (χ0v) is 43.2. The van der Waals surface area contributed by atoms with E-state index in [-0.39, 0.29) is 32.2 Å². The maximum atomic E-state index is 12.8. The van der Waals surface area contributed by atoms with Crippen molar-refractivity contribution in [2.45, 2.75) is 289 Å². The number of quaternary nitrogens is 1. The number of hydrogen-bond donors (Lipinski definition) is 0. The average molecular weight is 910 g/mol. The highest BCUT2D eigenvalue weighted by Gasteiger charge is 2.22. The highest BCUT2D eigenvalue weighted by Crippen LogP contribution is 2.18. The van der Waals surface area contributed by atoms with Crippen molar-refractivity contribution in [2.75, 3.05) is 47.5 Å². The van der Waals surface area contributed by atoms with E-state index in [2.05, 4.69) is 13.8 Å². The molecule has 0 aromatic carbocycles. The number of carbonyl (C=O) groups is 3. The fraction of sp³-hybridized carbons (Fsp3) is 0.945. The van der Waals surface area contributed by atoms with E-state index in [0.717, 1.165) is 38.5 Å². The second-order valence-electron chi connectivity index (χ2n) is 20.2. The second-order valence-corrected chi connectivity index (χ2v) is 20.2. The minimum atomic E-state index is -1.61. The molecule has 0 spiro atoms. The molecule has 64 heavy (non-hydrogen) atoms. The minimum absolute atomic E-state index is 0.153. The molecule has 0 heterocycles. The Hall–Kier alpha value is -1.71. The maximum absolute atomic E-state index is 12.8. The number of rotatable bonds is 52. The molecule has 2 atom stereocenters. The number of carboxylic acids is 1. The van der Waals surface area contributed by atoms with Crippen molar-refractivity contribution >= 4 is 17.9 Å². The number of unbranched alkanes of at least 4 members (excludes halogenated alkanes) is 37. The third kappa shape index (κ3) is 48.2. The number of nitrogens with zero attached hydrogens (tertiary/aromatic N) is 1. The fourth-order valence-electron chi connectivity index (χ4n) is 8.30. The van der Waals surface area contributed by atoms with Gasteiger partial charge < -0.3 is 33.3 Å². The fourth-order valence-corrected chi connectivity index (χ4v) is 8.30. The Kier molecular flexibility index (Phi) is 46.5. The summed E-state index contributed by atoms with van der Waals surface area (Å²) in [4.78, 5) is 37.2. The lowest BCUT2D eigenvalue weighted by molar-refractivity contribution is -0.870. The van der Waals surface area contributed by atoms with Crippen LogP contribution in [0.4, 0.5) is 0 Å². The second kappa shape index (κ2) is 47.8. The molecule has 9 heteroatoms. The van der Waals surface area contributed by atoms with E-state index in [1.54, 1.807) is 0 Å². The zero-order chi connectivity index (χ0) is 47.0. The van der Waals surface area contributed by atoms with Crippen LogP contribution in [0, 0.1) is 0 Å². The highest BCUT2D eigenvalue weighted by atomic mass is 16.7. The van der Waals surface area contributed by atoms with Gasteiger partial charge in [-0.2, -0.15) is 0 Å². The molecule has 0 amide bonds. The quantitative estimate of drug-likeness (QED) is 0.0257. The first-order valence-electron chi connectivity index (χ1n) is 27.7. The first-order valence-corrected chi connectivity index (χ1v) is 27.7. The largest absolute Gasteiger partial charge is 0.545 e. The predicted octanol–water partition coefficient (Wildman–Crippen LogP) is 14.3. The number of esters is 2. The van der Waals surface area contributed by atoms with Gasteiger partial charge in [-0.05, 0) is 12.8 Å². The van der Waals surface area contributed by atoms with E-state index in [1.165, 1.54) is 212 Å². The molecular weight excluding hydrogens is 803 g/mol. The summed E-state index contributed by atoms with van der Waals surface area (Å²) in [6.07, 6.45) is 48.6. The molecule has 0 radical (unpaired) electrons. The molecule has 0 rings (SSSR count). The number of likely N-dealkylation sites (N-methyl/N-ethyl adjacent to an activating group) is 1. The zero-order valence-electron chi connectivity index (χ0n) is 43.2. The molecule has 0 bridgehead atoms. The summed E-state index contributed by atoms with van der Waals surface area (Å²) in [7, 11) is 5.93. The van der Waals surface area contributed by atoms with Crippen LogP contribution in [-0.4, -0.2) is 82.3 Å². The Morgan fingerprint density at radius 2 is 0.703 bits per heavy atom. The molecule has 0 saturated carbocycles. The van der Waals surface area contributed by atoms with Crippen molar-refractivity contribution in [2.24, 2.45) is 0 Å². The van der Waals surface area contributed by atoms with Crippen LogP contribution in [0.3, 0.4) is 0 Å². The van der Waals surface area contributed by atoms with Crippen molar-refractivity contribution in [1.82, 2.24) is 0 Å². The Labute approximate surface area is 396 Å². The molecular formula is C55H107NO8. The molecule has 380 valence electrons. The van der Waals surface area contributed by atoms with Crippen LogP contribution >= 0.6 is 0 Å². The van der Waals surface area contributed by atoms with Gasteiger partial charge in [0, 0.05) is 12.8 Å². The van der Waals surface area contributed by atoms with E-state index in [1.807, 2.05) is 21.1 Å². The first kappa shape index (κ1) is 62.3. The standard InChI is InChI=1S/C55H107NO8/c1-6-8-10-12-14-16-18-20-22-23-24-25-26-27-28-29-30-32-34-36-38-40-42-44-46-53(58)64-51(50-63-55(54(59)60)61-48-47-56(3,4)5)49-62-52(57)45-43-41-39-37-35-33-31-21-19-17-15-13-11-9-7-2/h51,55H,6-50H2,1-5H3. The first-order chi connectivity index (χ1) is 31.1. The average Bonchev–Trinajstić information content (AvgIpc) is 3.26. The number of aliphatic carboxylic acids is 1. The summed E-state index contributed by atoms with van der Waals surface area (Å²) < 4.78 is 22.7. The van der Waals surface area contributed by atoms with Gasteiger partial charge in [0.2, 0.25) is 0 Å². The van der Waals surface area contributed by atoms with Gasteiger partial charge >= 0.3 is 11.9 Å². The Balaban J connectivity index is 4.19. The van der Waals surface area contributed by atoms with Gasteiger partial charge in [0.25, 0.3) is 0 Å². The van der Waals surface area contributed by atoms with Crippen molar-refractivity contribution in [1.29, 1.82) is 0 Å². The van der Waals surface area contributed by atoms with Crippen LogP contribution in [0.2, 0.25) is 0 Å².